The predicted molar refractivity (Wildman–Crippen MR) is 70.0 cm³/mol. The number of benzene rings is 1. The average Bonchev–Trinajstić information content (AvgIpc) is 2.37. The summed E-state index contributed by atoms with van der Waals surface area (Å²) in [6.45, 7) is 2.86. The minimum absolute atomic E-state index is 0.0430. The van der Waals surface area contributed by atoms with Crippen LogP contribution in [0.4, 0.5) is 5.69 Å². The molecule has 1 aliphatic rings. The van der Waals surface area contributed by atoms with E-state index in [9.17, 15) is 9.90 Å². The van der Waals surface area contributed by atoms with Crippen molar-refractivity contribution in [3.05, 3.63) is 29.8 Å². The lowest BCUT2D eigenvalue weighted by Gasteiger charge is -2.36. The number of aliphatic hydroxyl groups is 1. The number of piperidine rings is 1. The third-order valence-electron chi connectivity index (χ3n) is 3.26. The lowest BCUT2D eigenvalue weighted by Crippen LogP contribution is -2.48. The Morgan fingerprint density at radius 2 is 2.11 bits per heavy atom. The molecule has 1 aromatic carbocycles. The molecular weight excluding hydrogens is 230 g/mol. The van der Waals surface area contributed by atoms with Crippen LogP contribution in [0.25, 0.3) is 0 Å². The van der Waals surface area contributed by atoms with Gasteiger partial charge in [0.1, 0.15) is 0 Å². The summed E-state index contributed by atoms with van der Waals surface area (Å²) < 4.78 is 0. The van der Waals surface area contributed by atoms with Gasteiger partial charge in [0, 0.05) is 24.3 Å². The Kier molecular flexibility index (Phi) is 3.54. The molecule has 5 nitrogen and oxygen atoms in total. The van der Waals surface area contributed by atoms with Gasteiger partial charge in [-0.3, -0.25) is 10.6 Å². The van der Waals surface area contributed by atoms with Crippen LogP contribution in [0.2, 0.25) is 0 Å². The number of carbonyl (C=O) groups is 1. The summed E-state index contributed by atoms with van der Waals surface area (Å²) in [7, 11) is 0. The summed E-state index contributed by atoms with van der Waals surface area (Å²) in [5, 5.41) is 10.0. The van der Waals surface area contributed by atoms with Crippen LogP contribution in [0.15, 0.2) is 24.3 Å². The zero-order valence-electron chi connectivity index (χ0n) is 10.5. The van der Waals surface area contributed by atoms with Crippen molar-refractivity contribution in [1.29, 1.82) is 0 Å². The summed E-state index contributed by atoms with van der Waals surface area (Å²) in [6.07, 6.45) is 1.58. The van der Waals surface area contributed by atoms with Crippen LogP contribution in [0, 0.1) is 0 Å². The largest absolute Gasteiger partial charge is 0.388 e. The fourth-order valence-corrected chi connectivity index (χ4v) is 2.28. The highest BCUT2D eigenvalue weighted by atomic mass is 16.3. The van der Waals surface area contributed by atoms with Gasteiger partial charge >= 0.3 is 0 Å². The van der Waals surface area contributed by atoms with E-state index in [1.165, 1.54) is 0 Å². The molecule has 0 radical (unpaired) electrons. The van der Waals surface area contributed by atoms with Crippen molar-refractivity contribution in [3.63, 3.8) is 0 Å². The Balaban J connectivity index is 2.10. The van der Waals surface area contributed by atoms with Gasteiger partial charge in [0.2, 0.25) is 0 Å². The fourth-order valence-electron chi connectivity index (χ4n) is 2.28. The molecular formula is C13H19N3O2. The van der Waals surface area contributed by atoms with E-state index in [0.717, 1.165) is 18.5 Å². The van der Waals surface area contributed by atoms with E-state index >= 15 is 0 Å². The number of likely N-dealkylation sites (tertiary alicyclic amines) is 1. The molecule has 1 amide bonds. The second-order valence-corrected chi connectivity index (χ2v) is 5.05. The minimum Gasteiger partial charge on any atom is -0.388 e. The normalized spacial score (nSPS) is 23.8. The number of carbonyl (C=O) groups excluding carboxylic acids is 1. The van der Waals surface area contributed by atoms with Crippen molar-refractivity contribution in [2.24, 2.45) is 5.84 Å². The number of nitrogens with one attached hydrogen (secondary N) is 1. The van der Waals surface area contributed by atoms with Gasteiger partial charge in [-0.05, 0) is 44.0 Å². The van der Waals surface area contributed by atoms with Gasteiger partial charge in [0.05, 0.1) is 5.60 Å². The number of hydrogen-bond donors (Lipinski definition) is 3. The van der Waals surface area contributed by atoms with E-state index in [0.29, 0.717) is 18.7 Å². The Morgan fingerprint density at radius 3 is 2.67 bits per heavy atom. The van der Waals surface area contributed by atoms with Crippen LogP contribution >= 0.6 is 0 Å². The second kappa shape index (κ2) is 4.96. The molecule has 2 rings (SSSR count). The first-order chi connectivity index (χ1) is 8.52. The first kappa shape index (κ1) is 12.9. The highest BCUT2D eigenvalue weighted by molar-refractivity contribution is 5.94. The molecule has 0 bridgehead atoms. The Bertz CT molecular complexity index is 428. The van der Waals surface area contributed by atoms with Crippen LogP contribution in [-0.4, -0.2) is 34.6 Å². The number of nitrogen functional groups attached to an aromatic ring is 1. The topological polar surface area (TPSA) is 78.6 Å². The van der Waals surface area contributed by atoms with E-state index in [2.05, 4.69) is 5.43 Å². The lowest BCUT2D eigenvalue weighted by molar-refractivity contribution is -0.0107. The molecule has 1 aliphatic heterocycles. The van der Waals surface area contributed by atoms with Gasteiger partial charge in [-0.15, -0.1) is 0 Å². The lowest BCUT2D eigenvalue weighted by atomic mass is 9.94. The Hall–Kier alpha value is -1.59. The molecule has 5 heteroatoms. The highest BCUT2D eigenvalue weighted by Gasteiger charge is 2.31. The van der Waals surface area contributed by atoms with Crippen LogP contribution < -0.4 is 11.3 Å². The molecule has 0 aromatic heterocycles. The summed E-state index contributed by atoms with van der Waals surface area (Å²) in [6, 6.07) is 6.99. The molecule has 0 aliphatic carbocycles. The number of rotatable bonds is 2. The number of anilines is 1. The van der Waals surface area contributed by atoms with E-state index < -0.39 is 5.60 Å². The fraction of sp³-hybridized carbons (Fsp3) is 0.462. The number of hydrogen-bond acceptors (Lipinski definition) is 4. The maximum atomic E-state index is 12.3. The average molecular weight is 249 g/mol. The number of nitrogens with two attached hydrogens (primary N) is 1. The maximum absolute atomic E-state index is 12.3. The Labute approximate surface area is 107 Å². The summed E-state index contributed by atoms with van der Waals surface area (Å²) in [4.78, 5) is 14.0. The number of amides is 1. The number of hydrazine groups is 1. The standard InChI is InChI=1S/C13H19N3O2/c1-13(18)7-2-8-16(9-13)12(17)10-3-5-11(15-14)6-4-10/h3-6,15,18H,2,7-9,14H2,1H3. The van der Waals surface area contributed by atoms with Crippen molar-refractivity contribution >= 4 is 11.6 Å². The zero-order valence-corrected chi connectivity index (χ0v) is 10.5. The molecule has 0 spiro atoms. The monoisotopic (exact) mass is 249 g/mol. The van der Waals surface area contributed by atoms with Crippen LogP contribution in [0.3, 0.4) is 0 Å². The number of nitrogens with zero attached hydrogens (tertiary/aromatic N) is 1. The number of β-amino-alcohol motifs (C(OH)–C–C–N with tert-alkyl or cyclic N) is 1. The van der Waals surface area contributed by atoms with E-state index in [-0.39, 0.29) is 5.91 Å². The molecule has 4 N–H and O–H groups in total. The molecule has 1 atom stereocenters. The molecule has 1 aromatic rings. The first-order valence-corrected chi connectivity index (χ1v) is 6.10. The third-order valence-corrected chi connectivity index (χ3v) is 3.26. The van der Waals surface area contributed by atoms with E-state index in [4.69, 9.17) is 5.84 Å². The second-order valence-electron chi connectivity index (χ2n) is 5.05. The molecule has 1 heterocycles. The van der Waals surface area contributed by atoms with Gasteiger partial charge in [0.25, 0.3) is 5.91 Å². The van der Waals surface area contributed by atoms with Crippen LogP contribution in [0.5, 0.6) is 0 Å². The molecule has 18 heavy (non-hydrogen) atoms. The van der Waals surface area contributed by atoms with Gasteiger partial charge in [-0.25, -0.2) is 0 Å². The maximum Gasteiger partial charge on any atom is 0.253 e. The Morgan fingerprint density at radius 1 is 1.44 bits per heavy atom. The van der Waals surface area contributed by atoms with Crippen molar-refractivity contribution in [2.75, 3.05) is 18.5 Å². The first-order valence-electron chi connectivity index (χ1n) is 6.10. The minimum atomic E-state index is -0.771. The molecule has 98 valence electrons. The third kappa shape index (κ3) is 2.80. The molecule has 0 saturated carbocycles. The molecule has 1 unspecified atom stereocenters. The van der Waals surface area contributed by atoms with Crippen molar-refractivity contribution in [2.45, 2.75) is 25.4 Å². The smallest absolute Gasteiger partial charge is 0.253 e. The van der Waals surface area contributed by atoms with Crippen LogP contribution in [-0.2, 0) is 0 Å². The summed E-state index contributed by atoms with van der Waals surface area (Å²) >= 11 is 0. The van der Waals surface area contributed by atoms with Gasteiger partial charge in [-0.2, -0.15) is 0 Å². The predicted octanol–water partition coefficient (Wildman–Crippen LogP) is 0.959. The highest BCUT2D eigenvalue weighted by Crippen LogP contribution is 2.22. The summed E-state index contributed by atoms with van der Waals surface area (Å²) in [5.41, 5.74) is 3.13. The summed E-state index contributed by atoms with van der Waals surface area (Å²) in [5.74, 6) is 5.23. The SMILES string of the molecule is CC1(O)CCCN(C(=O)c2ccc(NN)cc2)C1. The quantitative estimate of drug-likeness (QED) is 0.539. The van der Waals surface area contributed by atoms with Gasteiger partial charge in [0.15, 0.2) is 0 Å². The van der Waals surface area contributed by atoms with Crippen LogP contribution in [0.1, 0.15) is 30.1 Å². The molecule has 1 saturated heterocycles. The van der Waals surface area contributed by atoms with Crippen molar-refractivity contribution in [3.8, 4) is 0 Å². The van der Waals surface area contributed by atoms with Crippen molar-refractivity contribution < 1.29 is 9.90 Å². The zero-order chi connectivity index (χ0) is 13.2. The van der Waals surface area contributed by atoms with Gasteiger partial charge < -0.3 is 15.4 Å². The van der Waals surface area contributed by atoms with E-state index in [1.807, 2.05) is 0 Å². The van der Waals surface area contributed by atoms with Crippen molar-refractivity contribution in [1.82, 2.24) is 4.90 Å². The van der Waals surface area contributed by atoms with E-state index in [1.54, 1.807) is 36.1 Å². The molecule has 1 fully saturated rings. The van der Waals surface area contributed by atoms with Gasteiger partial charge in [-0.1, -0.05) is 0 Å².